The number of pyridine rings is 1. The molecule has 5 heteroatoms. The van der Waals surface area contributed by atoms with Gasteiger partial charge < -0.3 is 0 Å². The number of benzene rings is 1. The highest BCUT2D eigenvalue weighted by molar-refractivity contribution is 9.10. The first-order valence-electron chi connectivity index (χ1n) is 6.02. The Bertz CT molecular complexity index is 684. The van der Waals surface area contributed by atoms with Gasteiger partial charge in [0.1, 0.15) is 0 Å². The Balaban J connectivity index is 1.99. The largest absolute Gasteiger partial charge is 0.296 e. The summed E-state index contributed by atoms with van der Waals surface area (Å²) < 4.78 is 0.996. The van der Waals surface area contributed by atoms with Gasteiger partial charge in [0.15, 0.2) is 0 Å². The van der Waals surface area contributed by atoms with Crippen molar-refractivity contribution in [2.75, 3.05) is 0 Å². The number of amides is 2. The Morgan fingerprint density at radius 1 is 1.21 bits per heavy atom. The van der Waals surface area contributed by atoms with E-state index in [4.69, 9.17) is 0 Å². The van der Waals surface area contributed by atoms with Crippen molar-refractivity contribution in [2.45, 2.75) is 18.8 Å². The van der Waals surface area contributed by atoms with Gasteiger partial charge in [-0.1, -0.05) is 22.0 Å². The predicted molar refractivity (Wildman–Crippen MR) is 74.6 cm³/mol. The average Bonchev–Trinajstić information content (AvgIpc) is 2.38. The molecule has 1 aromatic heterocycles. The summed E-state index contributed by atoms with van der Waals surface area (Å²) in [5.41, 5.74) is 0.722. The molecule has 1 aliphatic heterocycles. The minimum Gasteiger partial charge on any atom is -0.296 e. The van der Waals surface area contributed by atoms with Gasteiger partial charge in [0, 0.05) is 22.5 Å². The summed E-state index contributed by atoms with van der Waals surface area (Å²) in [6, 6.07) is 7.84. The Morgan fingerprint density at radius 2 is 2.05 bits per heavy atom. The molecule has 19 heavy (non-hydrogen) atoms. The van der Waals surface area contributed by atoms with Crippen molar-refractivity contribution in [3.8, 4) is 0 Å². The van der Waals surface area contributed by atoms with Gasteiger partial charge in [0.05, 0.1) is 11.6 Å². The highest BCUT2D eigenvalue weighted by atomic mass is 79.9. The van der Waals surface area contributed by atoms with E-state index in [-0.39, 0.29) is 17.7 Å². The molecule has 1 aliphatic rings. The molecule has 1 saturated heterocycles. The van der Waals surface area contributed by atoms with E-state index in [1.165, 1.54) is 0 Å². The van der Waals surface area contributed by atoms with E-state index in [2.05, 4.69) is 26.2 Å². The molecule has 1 aromatic carbocycles. The second kappa shape index (κ2) is 4.74. The summed E-state index contributed by atoms with van der Waals surface area (Å²) in [6.45, 7) is 0. The zero-order valence-corrected chi connectivity index (χ0v) is 11.6. The normalized spacial score (nSPS) is 19.5. The van der Waals surface area contributed by atoms with Gasteiger partial charge in [0.25, 0.3) is 0 Å². The van der Waals surface area contributed by atoms with Crippen LogP contribution < -0.4 is 5.32 Å². The number of imide groups is 1. The van der Waals surface area contributed by atoms with E-state index in [0.717, 1.165) is 20.9 Å². The fourth-order valence-electron chi connectivity index (χ4n) is 2.30. The van der Waals surface area contributed by atoms with Crippen molar-refractivity contribution in [3.05, 3.63) is 40.6 Å². The SMILES string of the molecule is O=C1CCC(c2cc3ccc(Br)cc3cn2)C(=O)N1. The number of nitrogens with one attached hydrogen (secondary N) is 1. The van der Waals surface area contributed by atoms with E-state index in [0.29, 0.717) is 12.8 Å². The van der Waals surface area contributed by atoms with E-state index < -0.39 is 0 Å². The number of fused-ring (bicyclic) bond motifs is 1. The minimum absolute atomic E-state index is 0.203. The summed E-state index contributed by atoms with van der Waals surface area (Å²) in [6.07, 6.45) is 2.66. The van der Waals surface area contributed by atoms with Crippen molar-refractivity contribution >= 4 is 38.5 Å². The zero-order valence-electron chi connectivity index (χ0n) is 10.0. The lowest BCUT2D eigenvalue weighted by molar-refractivity contribution is -0.134. The zero-order chi connectivity index (χ0) is 13.4. The molecule has 1 fully saturated rings. The molecule has 0 saturated carbocycles. The molecule has 1 atom stereocenters. The van der Waals surface area contributed by atoms with Crippen LogP contribution in [0.2, 0.25) is 0 Å². The van der Waals surface area contributed by atoms with Crippen LogP contribution in [0.4, 0.5) is 0 Å². The fourth-order valence-corrected chi connectivity index (χ4v) is 2.67. The molecular weight excluding hydrogens is 308 g/mol. The molecule has 96 valence electrons. The number of rotatable bonds is 1. The molecule has 2 aromatic rings. The molecule has 1 unspecified atom stereocenters. The number of halogens is 1. The molecule has 0 radical (unpaired) electrons. The van der Waals surface area contributed by atoms with Crippen LogP contribution in [0.1, 0.15) is 24.5 Å². The molecule has 0 aliphatic carbocycles. The second-order valence-corrected chi connectivity index (χ2v) is 5.52. The molecule has 4 nitrogen and oxygen atoms in total. The minimum atomic E-state index is -0.328. The third-order valence-electron chi connectivity index (χ3n) is 3.30. The van der Waals surface area contributed by atoms with Crippen molar-refractivity contribution in [3.63, 3.8) is 0 Å². The van der Waals surface area contributed by atoms with E-state index in [1.807, 2.05) is 24.3 Å². The van der Waals surface area contributed by atoms with Crippen molar-refractivity contribution < 1.29 is 9.59 Å². The van der Waals surface area contributed by atoms with Crippen LogP contribution in [-0.2, 0) is 9.59 Å². The van der Waals surface area contributed by atoms with Crippen LogP contribution in [0, 0.1) is 0 Å². The van der Waals surface area contributed by atoms with Gasteiger partial charge >= 0.3 is 0 Å². The van der Waals surface area contributed by atoms with Gasteiger partial charge in [-0.25, -0.2) is 0 Å². The van der Waals surface area contributed by atoms with Crippen LogP contribution in [0.3, 0.4) is 0 Å². The quantitative estimate of drug-likeness (QED) is 0.822. The highest BCUT2D eigenvalue weighted by Gasteiger charge is 2.28. The first-order valence-corrected chi connectivity index (χ1v) is 6.82. The number of carbonyl (C=O) groups is 2. The van der Waals surface area contributed by atoms with Crippen molar-refractivity contribution in [1.82, 2.24) is 10.3 Å². The van der Waals surface area contributed by atoms with E-state index in [9.17, 15) is 9.59 Å². The Labute approximate surface area is 118 Å². The summed E-state index contributed by atoms with van der Waals surface area (Å²) in [5, 5.41) is 4.42. The van der Waals surface area contributed by atoms with Crippen LogP contribution >= 0.6 is 15.9 Å². The number of piperidine rings is 1. The van der Waals surface area contributed by atoms with Crippen LogP contribution in [-0.4, -0.2) is 16.8 Å². The molecule has 1 N–H and O–H groups in total. The number of nitrogens with zero attached hydrogens (tertiary/aromatic N) is 1. The lowest BCUT2D eigenvalue weighted by atomic mass is 9.93. The first-order chi connectivity index (χ1) is 9.13. The van der Waals surface area contributed by atoms with E-state index >= 15 is 0 Å². The maximum atomic E-state index is 11.8. The Kier molecular flexibility index (Phi) is 3.06. The van der Waals surface area contributed by atoms with Crippen LogP contribution in [0.25, 0.3) is 10.8 Å². The van der Waals surface area contributed by atoms with Crippen molar-refractivity contribution in [2.24, 2.45) is 0 Å². The van der Waals surface area contributed by atoms with E-state index in [1.54, 1.807) is 6.20 Å². The summed E-state index contributed by atoms with van der Waals surface area (Å²) in [7, 11) is 0. The standard InChI is InChI=1S/C14H11BrN2O2/c15-10-2-1-8-6-12(16-7-9(8)5-10)11-3-4-13(18)17-14(11)19/h1-2,5-7,11H,3-4H2,(H,17,18,19). The molecule has 3 rings (SSSR count). The van der Waals surface area contributed by atoms with Gasteiger partial charge in [-0.3, -0.25) is 19.9 Å². The van der Waals surface area contributed by atoms with Crippen LogP contribution in [0.15, 0.2) is 34.9 Å². The number of hydrogen-bond acceptors (Lipinski definition) is 3. The molecule has 2 amide bonds. The fraction of sp³-hybridized carbons (Fsp3) is 0.214. The van der Waals surface area contributed by atoms with Crippen LogP contribution in [0.5, 0.6) is 0 Å². The Hall–Kier alpha value is -1.75. The Morgan fingerprint density at radius 3 is 2.84 bits per heavy atom. The highest BCUT2D eigenvalue weighted by Crippen LogP contribution is 2.26. The lowest BCUT2D eigenvalue weighted by Gasteiger charge is -2.20. The topological polar surface area (TPSA) is 59.1 Å². The number of hydrogen-bond donors (Lipinski definition) is 1. The molecule has 0 spiro atoms. The van der Waals surface area contributed by atoms with Gasteiger partial charge in [-0.05, 0) is 30.0 Å². The third kappa shape index (κ3) is 2.38. The summed E-state index contributed by atoms with van der Waals surface area (Å²) in [5.74, 6) is -0.781. The lowest BCUT2D eigenvalue weighted by Crippen LogP contribution is -2.39. The number of carbonyl (C=O) groups excluding carboxylic acids is 2. The maximum absolute atomic E-state index is 11.8. The smallest absolute Gasteiger partial charge is 0.235 e. The van der Waals surface area contributed by atoms with Gasteiger partial charge in [-0.15, -0.1) is 0 Å². The average molecular weight is 319 g/mol. The summed E-state index contributed by atoms with van der Waals surface area (Å²) in [4.78, 5) is 27.3. The number of aromatic nitrogens is 1. The second-order valence-electron chi connectivity index (χ2n) is 4.60. The summed E-state index contributed by atoms with van der Waals surface area (Å²) >= 11 is 3.41. The third-order valence-corrected chi connectivity index (χ3v) is 3.79. The molecular formula is C14H11BrN2O2. The van der Waals surface area contributed by atoms with Gasteiger partial charge in [0.2, 0.25) is 11.8 Å². The molecule has 2 heterocycles. The first kappa shape index (κ1) is 12.3. The monoisotopic (exact) mass is 318 g/mol. The van der Waals surface area contributed by atoms with Crippen molar-refractivity contribution in [1.29, 1.82) is 0 Å². The maximum Gasteiger partial charge on any atom is 0.235 e. The predicted octanol–water partition coefficient (Wildman–Crippen LogP) is 2.52. The van der Waals surface area contributed by atoms with Gasteiger partial charge in [-0.2, -0.15) is 0 Å². The molecule has 0 bridgehead atoms.